The smallest absolute Gasteiger partial charge is 0.392 e. The molecular weight excluding hydrogens is 438 g/mol. The highest BCUT2D eigenvalue weighted by Gasteiger charge is 2.13. The number of diazo groups is 1. The molecule has 0 heterocycles. The van der Waals surface area contributed by atoms with Gasteiger partial charge in [-0.2, -0.15) is 0 Å². The summed E-state index contributed by atoms with van der Waals surface area (Å²) in [6.07, 6.45) is 22.6. The fourth-order valence-corrected chi connectivity index (χ4v) is 4.04. The van der Waals surface area contributed by atoms with Gasteiger partial charge in [-0.1, -0.05) is 94.7 Å². The summed E-state index contributed by atoms with van der Waals surface area (Å²) >= 11 is 0. The molecule has 0 saturated carbocycles. The Morgan fingerprint density at radius 2 is 1.51 bits per heavy atom. The van der Waals surface area contributed by atoms with Gasteiger partial charge in [0.15, 0.2) is 4.98 Å². The molecule has 0 aliphatic rings. The number of carbonyl (C=O) groups excluding carboxylic acids is 1. The molecule has 1 amide bonds. The van der Waals surface area contributed by atoms with Gasteiger partial charge in [0.1, 0.15) is 0 Å². The topological polar surface area (TPSA) is 97.7 Å². The summed E-state index contributed by atoms with van der Waals surface area (Å²) < 4.78 is 0. The van der Waals surface area contributed by atoms with E-state index >= 15 is 0 Å². The van der Waals surface area contributed by atoms with Gasteiger partial charge in [-0.25, -0.2) is 0 Å². The third-order valence-corrected chi connectivity index (χ3v) is 6.16. The Kier molecular flexibility index (Phi) is 18.0. The van der Waals surface area contributed by atoms with Crippen LogP contribution in [0.4, 0.5) is 0 Å². The van der Waals surface area contributed by atoms with Gasteiger partial charge in [0, 0.05) is 12.0 Å². The standard InChI is InChI=1S/C29H45N3O3/c1-2-3-4-5-6-7-8-9-10-11-12-13-14-15-16-17-29(35)32-27(24-33)22-25-18-20-26(21-19-25)28(34)23-31-30/h9-10,18-21,23,27,33H,2-8,11-17,22,24H2,1H3,(H-,32,34,35)/p+1/b10-9-,28-23+/t27-/m1/s1. The number of aliphatic hydroxyl groups excluding tert-OH is 2. The molecule has 1 aromatic rings. The van der Waals surface area contributed by atoms with Crippen molar-refractivity contribution >= 4 is 11.7 Å². The maximum Gasteiger partial charge on any atom is 0.392 e. The van der Waals surface area contributed by atoms with E-state index in [1.807, 2.05) is 12.1 Å². The van der Waals surface area contributed by atoms with Crippen molar-refractivity contribution in [3.63, 3.8) is 0 Å². The molecule has 0 aliphatic heterocycles. The number of nitrogens with zero attached hydrogens (tertiary/aromatic N) is 2. The Morgan fingerprint density at radius 3 is 2.09 bits per heavy atom. The molecule has 0 spiro atoms. The Hall–Kier alpha value is -2.65. The van der Waals surface area contributed by atoms with E-state index in [9.17, 15) is 15.0 Å². The molecule has 35 heavy (non-hydrogen) atoms. The molecule has 0 radical (unpaired) electrons. The number of aliphatic hydroxyl groups is 2. The fourth-order valence-electron chi connectivity index (χ4n) is 4.04. The summed E-state index contributed by atoms with van der Waals surface area (Å²) in [5.74, 6) is -0.158. The third-order valence-electron chi connectivity index (χ3n) is 6.16. The number of hydrogen-bond donors (Lipinski definition) is 3. The number of hydrogen-bond acceptors (Lipinski definition) is 4. The fraction of sp³-hybridized carbons (Fsp3) is 0.621. The summed E-state index contributed by atoms with van der Waals surface area (Å²) in [5, 5.41) is 30.7. The Bertz CT molecular complexity index is 781. The van der Waals surface area contributed by atoms with Crippen LogP contribution in [-0.2, 0) is 11.2 Å². The van der Waals surface area contributed by atoms with Gasteiger partial charge >= 0.3 is 6.20 Å². The van der Waals surface area contributed by atoms with Crippen molar-refractivity contribution in [3.05, 3.63) is 58.7 Å². The zero-order valence-electron chi connectivity index (χ0n) is 21.6. The predicted molar refractivity (Wildman–Crippen MR) is 144 cm³/mol. The first kappa shape index (κ1) is 30.4. The van der Waals surface area contributed by atoms with E-state index in [1.165, 1.54) is 57.8 Å². The van der Waals surface area contributed by atoms with E-state index in [0.717, 1.165) is 37.4 Å². The van der Waals surface area contributed by atoms with Crippen LogP contribution in [0.5, 0.6) is 0 Å². The van der Waals surface area contributed by atoms with Gasteiger partial charge < -0.3 is 15.5 Å². The zero-order chi connectivity index (χ0) is 25.6. The highest BCUT2D eigenvalue weighted by atomic mass is 16.3. The number of rotatable bonds is 20. The number of benzene rings is 1. The van der Waals surface area contributed by atoms with Crippen molar-refractivity contribution in [1.82, 2.24) is 5.32 Å². The summed E-state index contributed by atoms with van der Waals surface area (Å²) in [5.41, 5.74) is 1.46. The van der Waals surface area contributed by atoms with Crippen LogP contribution >= 0.6 is 0 Å². The second kappa shape index (κ2) is 20.7. The van der Waals surface area contributed by atoms with Crippen molar-refractivity contribution in [3.8, 4) is 0 Å². The van der Waals surface area contributed by atoms with Gasteiger partial charge in [0.05, 0.1) is 12.6 Å². The highest BCUT2D eigenvalue weighted by Crippen LogP contribution is 2.14. The van der Waals surface area contributed by atoms with Crippen LogP contribution in [0.1, 0.15) is 108 Å². The summed E-state index contributed by atoms with van der Waals surface area (Å²) in [7, 11) is 0. The highest BCUT2D eigenvalue weighted by molar-refractivity contribution is 5.76. The lowest BCUT2D eigenvalue weighted by Crippen LogP contribution is -2.38. The molecule has 3 N–H and O–H groups in total. The van der Waals surface area contributed by atoms with Crippen LogP contribution in [0.25, 0.3) is 10.7 Å². The minimum absolute atomic E-state index is 0.0246. The number of unbranched alkanes of at least 4 members (excludes halogenated alkanes) is 11. The second-order valence-corrected chi connectivity index (χ2v) is 9.31. The first-order valence-corrected chi connectivity index (χ1v) is 13.5. The molecule has 1 aromatic carbocycles. The maximum absolute atomic E-state index is 12.2. The van der Waals surface area contributed by atoms with Gasteiger partial charge in [-0.3, -0.25) is 4.79 Å². The molecule has 6 nitrogen and oxygen atoms in total. The largest absolute Gasteiger partial charge is 0.501 e. The van der Waals surface area contributed by atoms with Crippen molar-refractivity contribution in [2.24, 2.45) is 0 Å². The molecule has 0 fully saturated rings. The Labute approximate surface area is 212 Å². The van der Waals surface area contributed by atoms with Gasteiger partial charge in [0.2, 0.25) is 17.1 Å². The van der Waals surface area contributed by atoms with Crippen LogP contribution in [0.3, 0.4) is 0 Å². The van der Waals surface area contributed by atoms with Crippen LogP contribution in [0, 0.1) is 5.39 Å². The lowest BCUT2D eigenvalue weighted by atomic mass is 10.0. The quantitative estimate of drug-likeness (QED) is 0.0774. The molecule has 0 aliphatic carbocycles. The van der Waals surface area contributed by atoms with Crippen molar-refractivity contribution in [2.45, 2.75) is 109 Å². The SMILES string of the molecule is CCCCCCCC/C=C\CCCCCCCC(=O)N[C@@H](CO)Cc1ccc(/C(O)=C\[N+]#N)cc1. The molecule has 0 saturated heterocycles. The van der Waals surface area contributed by atoms with E-state index < -0.39 is 0 Å². The first-order valence-electron chi connectivity index (χ1n) is 13.5. The normalized spacial score (nSPS) is 12.5. The average molecular weight is 485 g/mol. The Balaban J connectivity index is 2.09. The minimum Gasteiger partial charge on any atom is -0.501 e. The van der Waals surface area contributed by atoms with E-state index in [2.05, 4.69) is 29.4 Å². The zero-order valence-corrected chi connectivity index (χ0v) is 21.6. The molecule has 0 unspecified atom stereocenters. The van der Waals surface area contributed by atoms with Crippen LogP contribution in [0.2, 0.25) is 0 Å². The number of allylic oxidation sites excluding steroid dienone is 2. The molecule has 0 aromatic heterocycles. The van der Waals surface area contributed by atoms with E-state index in [-0.39, 0.29) is 24.3 Å². The summed E-state index contributed by atoms with van der Waals surface area (Å²) in [6.45, 7) is 2.12. The van der Waals surface area contributed by atoms with Crippen LogP contribution < -0.4 is 5.32 Å². The third kappa shape index (κ3) is 15.8. The van der Waals surface area contributed by atoms with Gasteiger partial charge in [-0.05, 0) is 44.1 Å². The molecule has 1 atom stereocenters. The van der Waals surface area contributed by atoms with E-state index in [1.54, 1.807) is 12.1 Å². The Morgan fingerprint density at radius 1 is 0.943 bits per heavy atom. The number of amides is 1. The van der Waals surface area contributed by atoms with Gasteiger partial charge in [-0.15, -0.1) is 0 Å². The second-order valence-electron chi connectivity index (χ2n) is 9.31. The maximum atomic E-state index is 12.2. The monoisotopic (exact) mass is 484 g/mol. The van der Waals surface area contributed by atoms with E-state index in [0.29, 0.717) is 18.4 Å². The lowest BCUT2D eigenvalue weighted by Gasteiger charge is -2.16. The predicted octanol–water partition coefficient (Wildman–Crippen LogP) is 7.45. The van der Waals surface area contributed by atoms with Crippen LogP contribution in [0.15, 0.2) is 42.6 Å². The van der Waals surface area contributed by atoms with Crippen LogP contribution in [-0.4, -0.2) is 28.8 Å². The lowest BCUT2D eigenvalue weighted by molar-refractivity contribution is -0.122. The summed E-state index contributed by atoms with van der Waals surface area (Å²) in [6, 6.07) is 6.69. The molecule has 0 bridgehead atoms. The number of nitrogens with one attached hydrogen (secondary N) is 1. The van der Waals surface area contributed by atoms with Crippen molar-refractivity contribution in [1.29, 1.82) is 5.39 Å². The van der Waals surface area contributed by atoms with Crippen molar-refractivity contribution < 1.29 is 15.0 Å². The molecule has 6 heteroatoms. The molecular formula is C29H46N3O3+. The molecule has 1 rings (SSSR count). The average Bonchev–Trinajstić information content (AvgIpc) is 2.86. The molecule has 194 valence electrons. The van der Waals surface area contributed by atoms with E-state index in [4.69, 9.17) is 5.39 Å². The van der Waals surface area contributed by atoms with Gasteiger partial charge in [0.25, 0.3) is 0 Å². The number of carbonyl (C=O) groups is 1. The summed E-state index contributed by atoms with van der Waals surface area (Å²) in [4.78, 5) is 15.0. The first-order chi connectivity index (χ1) is 17.1. The van der Waals surface area contributed by atoms with Crippen molar-refractivity contribution in [2.75, 3.05) is 6.61 Å². The minimum atomic E-state index is -0.340.